The average Bonchev–Trinajstić information content (AvgIpc) is 3.38. The fourth-order valence-electron chi connectivity index (χ4n) is 4.20. The van der Waals surface area contributed by atoms with Gasteiger partial charge in [0.25, 0.3) is 0 Å². The van der Waals surface area contributed by atoms with E-state index in [2.05, 4.69) is 39.2 Å². The van der Waals surface area contributed by atoms with Crippen LogP contribution in [0.1, 0.15) is 57.6 Å². The van der Waals surface area contributed by atoms with Gasteiger partial charge in [-0.1, -0.05) is 26.7 Å². The van der Waals surface area contributed by atoms with Gasteiger partial charge >= 0.3 is 0 Å². The minimum Gasteiger partial charge on any atom is -0.353 e. The van der Waals surface area contributed by atoms with Crippen LogP contribution in [-0.4, -0.2) is 68.8 Å². The zero-order valence-electron chi connectivity index (χ0n) is 16.9. The molecule has 7 heteroatoms. The van der Waals surface area contributed by atoms with Gasteiger partial charge in [-0.3, -0.25) is 4.90 Å². The van der Waals surface area contributed by atoms with E-state index in [4.69, 9.17) is 4.99 Å². The summed E-state index contributed by atoms with van der Waals surface area (Å²) in [4.78, 5) is 9.97. The standard InChI is InChI=1S/C19H35N7/c1-5-25(6-2)17-11-12-26(14-17)19(21-16-9-7-8-10-16)20-13-18-23-22-15(3)24(18)4/h16-17H,5-14H2,1-4H3,(H,20,21). The first-order chi connectivity index (χ1) is 12.6. The number of aromatic nitrogens is 3. The minimum atomic E-state index is 0.572. The van der Waals surface area contributed by atoms with E-state index >= 15 is 0 Å². The summed E-state index contributed by atoms with van der Waals surface area (Å²) in [5.74, 6) is 2.92. The van der Waals surface area contributed by atoms with Gasteiger partial charge in [0.1, 0.15) is 12.4 Å². The van der Waals surface area contributed by atoms with Crippen molar-refractivity contribution in [1.82, 2.24) is 29.9 Å². The zero-order valence-corrected chi connectivity index (χ0v) is 16.9. The molecule has 1 aliphatic carbocycles. The molecule has 0 aromatic carbocycles. The van der Waals surface area contributed by atoms with Gasteiger partial charge in [0.2, 0.25) is 0 Å². The van der Waals surface area contributed by atoms with Crippen LogP contribution in [0.2, 0.25) is 0 Å². The Labute approximate surface area is 157 Å². The summed E-state index contributed by atoms with van der Waals surface area (Å²) >= 11 is 0. The topological polar surface area (TPSA) is 61.6 Å². The van der Waals surface area contributed by atoms with E-state index in [9.17, 15) is 0 Å². The second-order valence-corrected chi connectivity index (χ2v) is 7.60. The van der Waals surface area contributed by atoms with E-state index < -0.39 is 0 Å². The normalized spacial score (nSPS) is 22.0. The number of nitrogens with zero attached hydrogens (tertiary/aromatic N) is 6. The van der Waals surface area contributed by atoms with Crippen LogP contribution in [0.15, 0.2) is 4.99 Å². The Kier molecular flexibility index (Phi) is 6.51. The smallest absolute Gasteiger partial charge is 0.194 e. The molecule has 1 unspecified atom stereocenters. The molecule has 1 aromatic rings. The molecule has 0 spiro atoms. The molecule has 3 rings (SSSR count). The second-order valence-electron chi connectivity index (χ2n) is 7.60. The van der Waals surface area contributed by atoms with Crippen molar-refractivity contribution in [3.8, 4) is 0 Å². The van der Waals surface area contributed by atoms with Gasteiger partial charge in [0, 0.05) is 32.2 Å². The zero-order chi connectivity index (χ0) is 18.5. The van der Waals surface area contributed by atoms with Crippen molar-refractivity contribution in [2.75, 3.05) is 26.2 Å². The molecule has 2 heterocycles. The van der Waals surface area contributed by atoms with Crippen LogP contribution in [-0.2, 0) is 13.6 Å². The number of aliphatic imine (C=N–C) groups is 1. The van der Waals surface area contributed by atoms with Gasteiger partial charge in [-0.25, -0.2) is 4.99 Å². The molecule has 2 fully saturated rings. The van der Waals surface area contributed by atoms with E-state index in [1.807, 2.05) is 18.5 Å². The van der Waals surface area contributed by atoms with Gasteiger partial charge in [-0.2, -0.15) is 0 Å². The summed E-state index contributed by atoms with van der Waals surface area (Å²) in [6, 6.07) is 1.21. The number of hydrogen-bond acceptors (Lipinski definition) is 4. The maximum atomic E-state index is 4.95. The molecule has 146 valence electrons. The molecule has 2 aliphatic rings. The van der Waals surface area contributed by atoms with Crippen molar-refractivity contribution >= 4 is 5.96 Å². The van der Waals surface area contributed by atoms with Crippen LogP contribution in [0.25, 0.3) is 0 Å². The van der Waals surface area contributed by atoms with E-state index in [0.29, 0.717) is 18.6 Å². The highest BCUT2D eigenvalue weighted by Crippen LogP contribution is 2.20. The maximum absolute atomic E-state index is 4.95. The predicted octanol–water partition coefficient (Wildman–Crippen LogP) is 1.93. The summed E-state index contributed by atoms with van der Waals surface area (Å²) < 4.78 is 2.03. The fraction of sp³-hybridized carbons (Fsp3) is 0.842. The van der Waals surface area contributed by atoms with Gasteiger partial charge in [-0.05, 0) is 39.3 Å². The van der Waals surface area contributed by atoms with E-state index in [1.165, 1.54) is 32.1 Å². The number of hydrogen-bond donors (Lipinski definition) is 1. The summed E-state index contributed by atoms with van der Waals surface area (Å²) in [6.07, 6.45) is 6.39. The molecular formula is C19H35N7. The molecule has 26 heavy (non-hydrogen) atoms. The molecule has 7 nitrogen and oxygen atoms in total. The molecular weight excluding hydrogens is 326 g/mol. The van der Waals surface area contributed by atoms with Crippen LogP contribution >= 0.6 is 0 Å². The van der Waals surface area contributed by atoms with Crippen LogP contribution in [0.5, 0.6) is 0 Å². The Morgan fingerprint density at radius 3 is 2.54 bits per heavy atom. The van der Waals surface area contributed by atoms with Crippen molar-refractivity contribution in [2.24, 2.45) is 12.0 Å². The Bertz CT molecular complexity index is 599. The number of nitrogens with one attached hydrogen (secondary N) is 1. The number of guanidine groups is 1. The summed E-state index contributed by atoms with van der Waals surface area (Å²) in [6.45, 7) is 11.5. The maximum Gasteiger partial charge on any atom is 0.194 e. The van der Waals surface area contributed by atoms with Gasteiger partial charge in [-0.15, -0.1) is 10.2 Å². The Morgan fingerprint density at radius 2 is 1.92 bits per heavy atom. The molecule has 1 N–H and O–H groups in total. The van der Waals surface area contributed by atoms with Crippen molar-refractivity contribution in [2.45, 2.75) is 71.5 Å². The quantitative estimate of drug-likeness (QED) is 0.620. The lowest BCUT2D eigenvalue weighted by atomic mass is 10.2. The van der Waals surface area contributed by atoms with E-state index in [-0.39, 0.29) is 0 Å². The summed E-state index contributed by atoms with van der Waals surface area (Å²) in [5.41, 5.74) is 0. The third-order valence-electron chi connectivity index (χ3n) is 6.03. The highest BCUT2D eigenvalue weighted by atomic mass is 15.4. The monoisotopic (exact) mass is 361 g/mol. The number of rotatable bonds is 6. The lowest BCUT2D eigenvalue weighted by Gasteiger charge is -2.28. The Hall–Kier alpha value is -1.63. The van der Waals surface area contributed by atoms with Crippen LogP contribution in [0, 0.1) is 6.92 Å². The highest BCUT2D eigenvalue weighted by molar-refractivity contribution is 5.80. The van der Waals surface area contributed by atoms with E-state index in [0.717, 1.165) is 43.8 Å². The molecule has 1 saturated carbocycles. The number of likely N-dealkylation sites (N-methyl/N-ethyl adjacent to an activating group) is 1. The SMILES string of the molecule is CCN(CC)C1CCN(C(=NCc2nnc(C)n2C)NC2CCCC2)C1. The van der Waals surface area contributed by atoms with Crippen molar-refractivity contribution in [3.05, 3.63) is 11.6 Å². The highest BCUT2D eigenvalue weighted by Gasteiger charge is 2.29. The third kappa shape index (κ3) is 4.37. The van der Waals surface area contributed by atoms with Crippen LogP contribution < -0.4 is 5.32 Å². The van der Waals surface area contributed by atoms with Gasteiger partial charge in [0.15, 0.2) is 11.8 Å². The first kappa shape index (κ1) is 19.1. The van der Waals surface area contributed by atoms with Crippen molar-refractivity contribution in [3.63, 3.8) is 0 Å². The molecule has 1 saturated heterocycles. The van der Waals surface area contributed by atoms with Gasteiger partial charge in [0.05, 0.1) is 0 Å². The van der Waals surface area contributed by atoms with E-state index in [1.54, 1.807) is 0 Å². The molecule has 1 aliphatic heterocycles. The number of aryl methyl sites for hydroxylation is 1. The lowest BCUT2D eigenvalue weighted by molar-refractivity contribution is 0.223. The van der Waals surface area contributed by atoms with Crippen molar-refractivity contribution < 1.29 is 0 Å². The summed E-state index contributed by atoms with van der Waals surface area (Å²) in [5, 5.41) is 12.2. The first-order valence-electron chi connectivity index (χ1n) is 10.3. The summed E-state index contributed by atoms with van der Waals surface area (Å²) in [7, 11) is 2.01. The fourth-order valence-corrected chi connectivity index (χ4v) is 4.20. The third-order valence-corrected chi connectivity index (χ3v) is 6.03. The first-order valence-corrected chi connectivity index (χ1v) is 10.3. The molecule has 0 radical (unpaired) electrons. The molecule has 0 bridgehead atoms. The lowest BCUT2D eigenvalue weighted by Crippen LogP contribution is -2.46. The number of likely N-dealkylation sites (tertiary alicyclic amines) is 1. The Morgan fingerprint density at radius 1 is 1.19 bits per heavy atom. The van der Waals surface area contributed by atoms with Crippen molar-refractivity contribution in [1.29, 1.82) is 0 Å². The second kappa shape index (κ2) is 8.84. The largest absolute Gasteiger partial charge is 0.353 e. The minimum absolute atomic E-state index is 0.572. The van der Waals surface area contributed by atoms with Crippen LogP contribution in [0.3, 0.4) is 0 Å². The average molecular weight is 362 g/mol. The molecule has 1 aromatic heterocycles. The van der Waals surface area contributed by atoms with Crippen LogP contribution in [0.4, 0.5) is 0 Å². The predicted molar refractivity (Wildman–Crippen MR) is 105 cm³/mol. The van der Waals surface area contributed by atoms with Gasteiger partial charge < -0.3 is 14.8 Å². The Balaban J connectivity index is 1.70. The molecule has 1 atom stereocenters. The molecule has 0 amide bonds.